The molecular weight excluding hydrogens is 186 g/mol. The molecular formula is C13H23NO. The number of nitrogens with zero attached hydrogens (tertiary/aromatic N) is 1. The van der Waals surface area contributed by atoms with Gasteiger partial charge in [0.15, 0.2) is 0 Å². The van der Waals surface area contributed by atoms with Crippen LogP contribution >= 0.6 is 0 Å². The zero-order chi connectivity index (χ0) is 10.7. The summed E-state index contributed by atoms with van der Waals surface area (Å²) in [5, 5.41) is 0. The van der Waals surface area contributed by atoms with Crippen molar-refractivity contribution in [3.8, 4) is 0 Å². The molecule has 2 fully saturated rings. The van der Waals surface area contributed by atoms with Crippen molar-refractivity contribution in [2.45, 2.75) is 76.8 Å². The van der Waals surface area contributed by atoms with Crippen molar-refractivity contribution < 1.29 is 4.79 Å². The summed E-state index contributed by atoms with van der Waals surface area (Å²) in [6.07, 6.45) is 10.8. The second-order valence-electron chi connectivity index (χ2n) is 5.07. The lowest BCUT2D eigenvalue weighted by atomic mass is 9.93. The first-order valence-electron chi connectivity index (χ1n) is 6.64. The molecule has 0 unspecified atom stereocenters. The maximum atomic E-state index is 12.0. The third-order valence-electron chi connectivity index (χ3n) is 3.66. The summed E-state index contributed by atoms with van der Waals surface area (Å²) in [5.41, 5.74) is 0. The van der Waals surface area contributed by atoms with Crippen LogP contribution in [-0.4, -0.2) is 22.9 Å². The van der Waals surface area contributed by atoms with Crippen LogP contribution in [0.15, 0.2) is 0 Å². The molecule has 0 radical (unpaired) electrons. The Bertz CT molecular complexity index is 217. The standard InChI is InChI=1S/C13H23NO/c1-2-6-13(15)14(12-9-10-12)11-7-4-3-5-8-11/h11-12H,2-10H2,1H3. The van der Waals surface area contributed by atoms with Crippen LogP contribution in [0.4, 0.5) is 0 Å². The van der Waals surface area contributed by atoms with Crippen LogP contribution in [0.5, 0.6) is 0 Å². The zero-order valence-electron chi connectivity index (χ0n) is 9.87. The Morgan fingerprint density at radius 2 is 1.67 bits per heavy atom. The van der Waals surface area contributed by atoms with E-state index in [1.807, 2.05) is 0 Å². The molecule has 2 heteroatoms. The zero-order valence-corrected chi connectivity index (χ0v) is 9.87. The molecule has 0 heterocycles. The highest BCUT2D eigenvalue weighted by Crippen LogP contribution is 2.34. The monoisotopic (exact) mass is 209 g/mol. The molecule has 2 aliphatic carbocycles. The van der Waals surface area contributed by atoms with Crippen molar-refractivity contribution in [3.05, 3.63) is 0 Å². The molecule has 0 aromatic heterocycles. The van der Waals surface area contributed by atoms with E-state index in [1.54, 1.807) is 0 Å². The minimum absolute atomic E-state index is 0.423. The van der Waals surface area contributed by atoms with Gasteiger partial charge >= 0.3 is 0 Å². The van der Waals surface area contributed by atoms with Gasteiger partial charge in [-0.25, -0.2) is 0 Å². The van der Waals surface area contributed by atoms with Crippen molar-refractivity contribution in [1.82, 2.24) is 4.90 Å². The Hall–Kier alpha value is -0.530. The van der Waals surface area contributed by atoms with E-state index in [-0.39, 0.29) is 0 Å². The van der Waals surface area contributed by atoms with Crippen molar-refractivity contribution in [1.29, 1.82) is 0 Å². The van der Waals surface area contributed by atoms with Crippen molar-refractivity contribution in [3.63, 3.8) is 0 Å². The van der Waals surface area contributed by atoms with Gasteiger partial charge in [-0.3, -0.25) is 4.79 Å². The van der Waals surface area contributed by atoms with Gasteiger partial charge in [0.2, 0.25) is 5.91 Å². The Balaban J connectivity index is 1.94. The number of carbonyl (C=O) groups is 1. The fraction of sp³-hybridized carbons (Fsp3) is 0.923. The molecule has 2 aliphatic rings. The summed E-state index contributed by atoms with van der Waals surface area (Å²) < 4.78 is 0. The molecule has 15 heavy (non-hydrogen) atoms. The van der Waals surface area contributed by atoms with Gasteiger partial charge in [0, 0.05) is 18.5 Å². The van der Waals surface area contributed by atoms with Gasteiger partial charge < -0.3 is 4.90 Å². The van der Waals surface area contributed by atoms with E-state index in [0.717, 1.165) is 12.8 Å². The molecule has 0 aromatic rings. The highest BCUT2D eigenvalue weighted by molar-refractivity contribution is 5.77. The van der Waals surface area contributed by atoms with Crippen LogP contribution in [0.3, 0.4) is 0 Å². The third kappa shape index (κ3) is 2.73. The summed E-state index contributed by atoms with van der Waals surface area (Å²) in [5.74, 6) is 0.423. The van der Waals surface area contributed by atoms with Crippen molar-refractivity contribution in [2.75, 3.05) is 0 Å². The van der Waals surface area contributed by atoms with Gasteiger partial charge in [-0.05, 0) is 32.1 Å². The van der Waals surface area contributed by atoms with Crippen LogP contribution in [0, 0.1) is 0 Å². The largest absolute Gasteiger partial charge is 0.337 e. The van der Waals surface area contributed by atoms with E-state index < -0.39 is 0 Å². The highest BCUT2D eigenvalue weighted by atomic mass is 16.2. The van der Waals surface area contributed by atoms with Gasteiger partial charge in [-0.1, -0.05) is 26.2 Å². The van der Waals surface area contributed by atoms with Crippen molar-refractivity contribution >= 4 is 5.91 Å². The van der Waals surface area contributed by atoms with Crippen LogP contribution in [0.2, 0.25) is 0 Å². The SMILES string of the molecule is CCCC(=O)N(C1CCCCC1)C1CC1. The van der Waals surface area contributed by atoms with Gasteiger partial charge in [-0.15, -0.1) is 0 Å². The van der Waals surface area contributed by atoms with E-state index in [4.69, 9.17) is 0 Å². The first kappa shape index (κ1) is 11.0. The third-order valence-corrected chi connectivity index (χ3v) is 3.66. The summed E-state index contributed by atoms with van der Waals surface area (Å²) in [7, 11) is 0. The smallest absolute Gasteiger partial charge is 0.223 e. The van der Waals surface area contributed by atoms with Gasteiger partial charge in [0.1, 0.15) is 0 Å². The van der Waals surface area contributed by atoms with E-state index in [0.29, 0.717) is 18.0 Å². The van der Waals surface area contributed by atoms with Crippen molar-refractivity contribution in [2.24, 2.45) is 0 Å². The maximum absolute atomic E-state index is 12.0. The number of hydrogen-bond donors (Lipinski definition) is 0. The highest BCUT2D eigenvalue weighted by Gasteiger charge is 2.36. The lowest BCUT2D eigenvalue weighted by Gasteiger charge is -2.34. The Morgan fingerprint density at radius 3 is 2.20 bits per heavy atom. The first-order chi connectivity index (χ1) is 7.33. The molecule has 0 bridgehead atoms. The lowest BCUT2D eigenvalue weighted by Crippen LogP contribution is -2.42. The number of hydrogen-bond acceptors (Lipinski definition) is 1. The molecule has 0 aliphatic heterocycles. The van der Waals surface area contributed by atoms with Crippen LogP contribution in [0.25, 0.3) is 0 Å². The molecule has 1 amide bonds. The molecule has 2 saturated carbocycles. The minimum Gasteiger partial charge on any atom is -0.337 e. The first-order valence-corrected chi connectivity index (χ1v) is 6.64. The fourth-order valence-electron chi connectivity index (χ4n) is 2.76. The summed E-state index contributed by atoms with van der Waals surface area (Å²) in [4.78, 5) is 14.3. The van der Waals surface area contributed by atoms with E-state index >= 15 is 0 Å². The number of carbonyl (C=O) groups excluding carboxylic acids is 1. The number of rotatable bonds is 4. The maximum Gasteiger partial charge on any atom is 0.223 e. The predicted molar refractivity (Wildman–Crippen MR) is 61.6 cm³/mol. The van der Waals surface area contributed by atoms with Crippen LogP contribution in [-0.2, 0) is 4.79 Å². The predicted octanol–water partition coefficient (Wildman–Crippen LogP) is 3.11. The molecule has 0 atom stereocenters. The molecule has 0 N–H and O–H groups in total. The van der Waals surface area contributed by atoms with E-state index in [2.05, 4.69) is 11.8 Å². The average molecular weight is 209 g/mol. The van der Waals surface area contributed by atoms with Gasteiger partial charge in [-0.2, -0.15) is 0 Å². The topological polar surface area (TPSA) is 20.3 Å². The van der Waals surface area contributed by atoms with E-state index in [9.17, 15) is 4.79 Å². The molecule has 2 rings (SSSR count). The molecule has 86 valence electrons. The van der Waals surface area contributed by atoms with E-state index in [1.165, 1.54) is 44.9 Å². The Morgan fingerprint density at radius 1 is 1.07 bits per heavy atom. The van der Waals surface area contributed by atoms with Crippen LogP contribution in [0.1, 0.15) is 64.7 Å². The Kier molecular flexibility index (Phi) is 3.66. The fourth-order valence-corrected chi connectivity index (χ4v) is 2.76. The van der Waals surface area contributed by atoms with Gasteiger partial charge in [0.25, 0.3) is 0 Å². The Labute approximate surface area is 93.0 Å². The second-order valence-corrected chi connectivity index (χ2v) is 5.07. The van der Waals surface area contributed by atoms with Crippen LogP contribution < -0.4 is 0 Å². The molecule has 2 nitrogen and oxygen atoms in total. The average Bonchev–Trinajstić information content (AvgIpc) is 3.04. The quantitative estimate of drug-likeness (QED) is 0.696. The molecule has 0 saturated heterocycles. The van der Waals surface area contributed by atoms with Gasteiger partial charge in [0.05, 0.1) is 0 Å². The summed E-state index contributed by atoms with van der Waals surface area (Å²) in [6.45, 7) is 2.10. The normalized spacial score (nSPS) is 22.7. The lowest BCUT2D eigenvalue weighted by molar-refractivity contribution is -0.134. The summed E-state index contributed by atoms with van der Waals surface area (Å²) in [6, 6.07) is 1.21. The minimum atomic E-state index is 0.423. The molecule has 0 spiro atoms. The number of amides is 1. The second kappa shape index (κ2) is 5.00. The molecule has 0 aromatic carbocycles. The summed E-state index contributed by atoms with van der Waals surface area (Å²) >= 11 is 0.